The van der Waals surface area contributed by atoms with Crippen LogP contribution in [0.2, 0.25) is 0 Å². The molecule has 1 rings (SSSR count). The van der Waals surface area contributed by atoms with Crippen LogP contribution in [-0.2, 0) is 4.74 Å². The van der Waals surface area contributed by atoms with Gasteiger partial charge in [-0.2, -0.15) is 0 Å². The lowest BCUT2D eigenvalue weighted by atomic mass is 10.1. The van der Waals surface area contributed by atoms with Crippen LogP contribution in [-0.4, -0.2) is 24.9 Å². The molecule has 16 heavy (non-hydrogen) atoms. The Morgan fingerprint density at radius 2 is 2.06 bits per heavy atom. The van der Waals surface area contributed by atoms with Gasteiger partial charge in [-0.1, -0.05) is 6.07 Å². The molecule has 0 aliphatic carbocycles. The summed E-state index contributed by atoms with van der Waals surface area (Å²) in [5.41, 5.74) is 1.95. The normalized spacial score (nSPS) is 12.5. The van der Waals surface area contributed by atoms with Crippen molar-refractivity contribution >= 4 is 0 Å². The Labute approximate surface area is 97.0 Å². The number of hydrogen-bond donors (Lipinski definition) is 1. The van der Waals surface area contributed by atoms with Gasteiger partial charge < -0.3 is 14.6 Å². The van der Waals surface area contributed by atoms with Crippen molar-refractivity contribution in [2.45, 2.75) is 26.9 Å². The van der Waals surface area contributed by atoms with Crippen molar-refractivity contribution in [2.24, 2.45) is 0 Å². The predicted molar refractivity (Wildman–Crippen MR) is 63.8 cm³/mol. The Kier molecular flexibility index (Phi) is 5.29. The minimum Gasteiger partial charge on any atom is -0.491 e. The van der Waals surface area contributed by atoms with Gasteiger partial charge in [0.1, 0.15) is 12.4 Å². The van der Waals surface area contributed by atoms with Crippen LogP contribution in [0.15, 0.2) is 18.2 Å². The third kappa shape index (κ3) is 3.83. The van der Waals surface area contributed by atoms with Gasteiger partial charge in [-0.25, -0.2) is 0 Å². The number of rotatable bonds is 6. The average Bonchev–Trinajstić information content (AvgIpc) is 2.26. The molecule has 0 aromatic heterocycles. The number of aryl methyl sites for hydroxylation is 1. The number of hydrogen-bond acceptors (Lipinski definition) is 3. The Morgan fingerprint density at radius 3 is 2.62 bits per heavy atom. The zero-order valence-corrected chi connectivity index (χ0v) is 10.2. The molecule has 1 unspecified atom stereocenters. The van der Waals surface area contributed by atoms with E-state index in [-0.39, 0.29) is 0 Å². The van der Waals surface area contributed by atoms with Crippen molar-refractivity contribution in [1.82, 2.24) is 0 Å². The van der Waals surface area contributed by atoms with Crippen LogP contribution < -0.4 is 4.74 Å². The van der Waals surface area contributed by atoms with Gasteiger partial charge in [0.25, 0.3) is 0 Å². The monoisotopic (exact) mass is 224 g/mol. The van der Waals surface area contributed by atoms with E-state index >= 15 is 0 Å². The molecule has 0 saturated heterocycles. The Bertz CT molecular complexity index is 321. The minimum absolute atomic E-state index is 0.434. The fourth-order valence-electron chi connectivity index (χ4n) is 1.45. The number of aliphatic hydroxyl groups excluding tert-OH is 1. The summed E-state index contributed by atoms with van der Waals surface area (Å²) >= 11 is 0. The molecule has 0 bridgehead atoms. The van der Waals surface area contributed by atoms with Crippen LogP contribution in [0.3, 0.4) is 0 Å². The van der Waals surface area contributed by atoms with E-state index in [1.807, 2.05) is 32.0 Å². The van der Waals surface area contributed by atoms with Crippen molar-refractivity contribution in [2.75, 3.05) is 19.8 Å². The van der Waals surface area contributed by atoms with Gasteiger partial charge in [0, 0.05) is 6.61 Å². The standard InChI is InChI=1S/C13H20O3/c1-4-15-7-8-16-13-6-5-12(11(3)14)9-10(13)2/h5-6,9,11,14H,4,7-8H2,1-3H3. The van der Waals surface area contributed by atoms with E-state index in [0.29, 0.717) is 19.8 Å². The van der Waals surface area contributed by atoms with E-state index in [1.54, 1.807) is 6.92 Å². The van der Waals surface area contributed by atoms with E-state index in [1.165, 1.54) is 0 Å². The molecule has 3 heteroatoms. The second kappa shape index (κ2) is 6.51. The molecular weight excluding hydrogens is 204 g/mol. The lowest BCUT2D eigenvalue weighted by Crippen LogP contribution is -2.07. The smallest absolute Gasteiger partial charge is 0.122 e. The summed E-state index contributed by atoms with van der Waals surface area (Å²) in [7, 11) is 0. The molecule has 3 nitrogen and oxygen atoms in total. The molecule has 0 aliphatic rings. The third-order valence-corrected chi connectivity index (χ3v) is 2.37. The second-order valence-electron chi connectivity index (χ2n) is 3.75. The van der Waals surface area contributed by atoms with Crippen molar-refractivity contribution in [3.8, 4) is 5.75 Å². The molecule has 1 aromatic rings. The first kappa shape index (κ1) is 13.0. The Balaban J connectivity index is 2.54. The first-order chi connectivity index (χ1) is 7.65. The van der Waals surface area contributed by atoms with E-state index in [4.69, 9.17) is 9.47 Å². The maximum atomic E-state index is 9.42. The molecule has 0 amide bonds. The summed E-state index contributed by atoms with van der Waals surface area (Å²) in [5.74, 6) is 0.851. The van der Waals surface area contributed by atoms with Crippen LogP contribution in [0.4, 0.5) is 0 Å². The highest BCUT2D eigenvalue weighted by Gasteiger charge is 2.04. The SMILES string of the molecule is CCOCCOc1ccc(C(C)O)cc1C. The minimum atomic E-state index is -0.434. The molecule has 1 atom stereocenters. The van der Waals surface area contributed by atoms with Crippen molar-refractivity contribution in [3.05, 3.63) is 29.3 Å². The van der Waals surface area contributed by atoms with Gasteiger partial charge in [0.15, 0.2) is 0 Å². The molecule has 1 N–H and O–H groups in total. The van der Waals surface area contributed by atoms with Gasteiger partial charge in [-0.3, -0.25) is 0 Å². The highest BCUT2D eigenvalue weighted by Crippen LogP contribution is 2.22. The van der Waals surface area contributed by atoms with Gasteiger partial charge >= 0.3 is 0 Å². The lowest BCUT2D eigenvalue weighted by Gasteiger charge is -2.11. The molecule has 0 saturated carbocycles. The zero-order chi connectivity index (χ0) is 12.0. The van der Waals surface area contributed by atoms with E-state index in [0.717, 1.165) is 16.9 Å². The summed E-state index contributed by atoms with van der Waals surface area (Å²) in [6.07, 6.45) is -0.434. The van der Waals surface area contributed by atoms with Crippen LogP contribution in [0, 0.1) is 6.92 Å². The third-order valence-electron chi connectivity index (χ3n) is 2.37. The molecule has 0 heterocycles. The first-order valence-corrected chi connectivity index (χ1v) is 5.64. The van der Waals surface area contributed by atoms with Crippen molar-refractivity contribution in [3.63, 3.8) is 0 Å². The fourth-order valence-corrected chi connectivity index (χ4v) is 1.45. The molecule has 1 aromatic carbocycles. The number of benzene rings is 1. The van der Waals surface area contributed by atoms with Crippen molar-refractivity contribution < 1.29 is 14.6 Å². The van der Waals surface area contributed by atoms with Gasteiger partial charge in [0.2, 0.25) is 0 Å². The Hall–Kier alpha value is -1.06. The van der Waals surface area contributed by atoms with Crippen LogP contribution in [0.25, 0.3) is 0 Å². The molecular formula is C13H20O3. The molecule has 90 valence electrons. The maximum Gasteiger partial charge on any atom is 0.122 e. The summed E-state index contributed by atoms with van der Waals surface area (Å²) in [4.78, 5) is 0. The van der Waals surface area contributed by atoms with Gasteiger partial charge in [0.05, 0.1) is 12.7 Å². The van der Waals surface area contributed by atoms with E-state index < -0.39 is 6.10 Å². The summed E-state index contributed by atoms with van der Waals surface area (Å²) < 4.78 is 10.8. The largest absolute Gasteiger partial charge is 0.491 e. The quantitative estimate of drug-likeness (QED) is 0.754. The zero-order valence-electron chi connectivity index (χ0n) is 10.2. The number of ether oxygens (including phenoxy) is 2. The Morgan fingerprint density at radius 1 is 1.31 bits per heavy atom. The topological polar surface area (TPSA) is 38.7 Å². The average molecular weight is 224 g/mol. The molecule has 0 radical (unpaired) electrons. The summed E-state index contributed by atoms with van der Waals surface area (Å²) in [6, 6.07) is 5.72. The summed E-state index contributed by atoms with van der Waals surface area (Å²) in [5, 5.41) is 9.42. The molecule has 0 spiro atoms. The maximum absolute atomic E-state index is 9.42. The second-order valence-corrected chi connectivity index (χ2v) is 3.75. The fraction of sp³-hybridized carbons (Fsp3) is 0.538. The van der Waals surface area contributed by atoms with Crippen molar-refractivity contribution in [1.29, 1.82) is 0 Å². The van der Waals surface area contributed by atoms with Gasteiger partial charge in [-0.05, 0) is 44.0 Å². The van der Waals surface area contributed by atoms with Crippen LogP contribution >= 0.6 is 0 Å². The first-order valence-electron chi connectivity index (χ1n) is 5.64. The van der Waals surface area contributed by atoms with Crippen LogP contribution in [0.1, 0.15) is 31.1 Å². The predicted octanol–water partition coefficient (Wildman–Crippen LogP) is 2.46. The van der Waals surface area contributed by atoms with E-state index in [2.05, 4.69) is 0 Å². The molecule has 0 aliphatic heterocycles. The van der Waals surface area contributed by atoms with E-state index in [9.17, 15) is 5.11 Å². The number of aliphatic hydroxyl groups is 1. The summed E-state index contributed by atoms with van der Waals surface area (Å²) in [6.45, 7) is 7.56. The lowest BCUT2D eigenvalue weighted by molar-refractivity contribution is 0.110. The van der Waals surface area contributed by atoms with Gasteiger partial charge in [-0.15, -0.1) is 0 Å². The molecule has 0 fully saturated rings. The highest BCUT2D eigenvalue weighted by atomic mass is 16.5. The highest BCUT2D eigenvalue weighted by molar-refractivity contribution is 5.36. The van der Waals surface area contributed by atoms with Crippen LogP contribution in [0.5, 0.6) is 5.75 Å².